The predicted molar refractivity (Wildman–Crippen MR) is 77.1 cm³/mol. The van der Waals surface area contributed by atoms with Gasteiger partial charge in [-0.1, -0.05) is 19.1 Å². The highest BCUT2D eigenvalue weighted by molar-refractivity contribution is 5.90. The van der Waals surface area contributed by atoms with Crippen LogP contribution in [0, 0.1) is 0 Å². The van der Waals surface area contributed by atoms with Crippen LogP contribution in [0.5, 0.6) is 0 Å². The Morgan fingerprint density at radius 2 is 1.91 bits per heavy atom. The number of nitrogens with zero attached hydrogens (tertiary/aromatic N) is 1. The Morgan fingerprint density at radius 3 is 2.45 bits per heavy atom. The minimum Gasteiger partial charge on any atom is -0.331 e. The van der Waals surface area contributed by atoms with Crippen LogP contribution in [0.25, 0.3) is 0 Å². The van der Waals surface area contributed by atoms with Crippen molar-refractivity contribution in [2.24, 2.45) is 0 Å². The Kier molecular flexibility index (Phi) is 6.39. The fourth-order valence-corrected chi connectivity index (χ4v) is 1.92. The average molecular weight is 316 g/mol. The molecule has 1 aromatic rings. The first-order valence-electron chi connectivity index (χ1n) is 7.02. The number of carbonyl (C=O) groups is 2. The van der Waals surface area contributed by atoms with Crippen LogP contribution in [-0.2, 0) is 16.1 Å². The van der Waals surface area contributed by atoms with E-state index >= 15 is 0 Å². The molecule has 0 heterocycles. The highest BCUT2D eigenvalue weighted by Gasteiger charge is 2.41. The van der Waals surface area contributed by atoms with E-state index in [4.69, 9.17) is 0 Å². The molecule has 22 heavy (non-hydrogen) atoms. The van der Waals surface area contributed by atoms with Gasteiger partial charge in [0, 0.05) is 25.2 Å². The van der Waals surface area contributed by atoms with Crippen molar-refractivity contribution in [3.8, 4) is 0 Å². The lowest BCUT2D eigenvalue weighted by Crippen LogP contribution is -2.40. The van der Waals surface area contributed by atoms with Gasteiger partial charge in [0.05, 0.1) is 0 Å². The standard InChI is InChI=1S/C15H19F3N2O2/c1-3-6-13(21)19-12-8-5-7-11(9-12)10-20(4-2)14(22)15(16,17)18/h5,7-9H,3-4,6,10H2,1-2H3,(H,19,21). The maximum atomic E-state index is 12.5. The topological polar surface area (TPSA) is 49.4 Å². The lowest BCUT2D eigenvalue weighted by Gasteiger charge is -2.22. The number of hydrogen-bond acceptors (Lipinski definition) is 2. The van der Waals surface area contributed by atoms with E-state index in [0.717, 1.165) is 0 Å². The number of alkyl halides is 3. The second kappa shape index (κ2) is 7.82. The van der Waals surface area contributed by atoms with Crippen LogP contribution in [-0.4, -0.2) is 29.4 Å². The molecule has 0 fully saturated rings. The van der Waals surface area contributed by atoms with E-state index < -0.39 is 12.1 Å². The van der Waals surface area contributed by atoms with E-state index in [-0.39, 0.29) is 19.0 Å². The van der Waals surface area contributed by atoms with Crippen LogP contribution in [0.1, 0.15) is 32.3 Å². The molecule has 0 saturated carbocycles. The summed E-state index contributed by atoms with van der Waals surface area (Å²) >= 11 is 0. The van der Waals surface area contributed by atoms with Crippen LogP contribution in [0.3, 0.4) is 0 Å². The molecule has 2 amide bonds. The van der Waals surface area contributed by atoms with Crippen LogP contribution in [0.15, 0.2) is 24.3 Å². The maximum Gasteiger partial charge on any atom is 0.471 e. The molecule has 0 unspecified atom stereocenters. The van der Waals surface area contributed by atoms with Gasteiger partial charge in [-0.2, -0.15) is 13.2 Å². The van der Waals surface area contributed by atoms with E-state index in [1.807, 2.05) is 6.92 Å². The summed E-state index contributed by atoms with van der Waals surface area (Å²) in [6.45, 7) is 3.14. The van der Waals surface area contributed by atoms with Crippen molar-refractivity contribution in [2.45, 2.75) is 39.4 Å². The van der Waals surface area contributed by atoms with Gasteiger partial charge in [-0.15, -0.1) is 0 Å². The lowest BCUT2D eigenvalue weighted by atomic mass is 10.1. The van der Waals surface area contributed by atoms with Crippen molar-refractivity contribution < 1.29 is 22.8 Å². The molecule has 0 aliphatic rings. The van der Waals surface area contributed by atoms with Gasteiger partial charge in [0.1, 0.15) is 0 Å². The Morgan fingerprint density at radius 1 is 1.23 bits per heavy atom. The van der Waals surface area contributed by atoms with Gasteiger partial charge in [0.25, 0.3) is 0 Å². The Hall–Kier alpha value is -2.05. The Labute approximate surface area is 127 Å². The largest absolute Gasteiger partial charge is 0.471 e. The van der Waals surface area contributed by atoms with Crippen LogP contribution in [0.4, 0.5) is 18.9 Å². The second-order valence-electron chi connectivity index (χ2n) is 4.82. The highest BCUT2D eigenvalue weighted by atomic mass is 19.4. The molecule has 1 N–H and O–H groups in total. The molecule has 0 radical (unpaired) electrons. The van der Waals surface area contributed by atoms with Gasteiger partial charge in [0.15, 0.2) is 0 Å². The Bertz CT molecular complexity index is 530. The minimum absolute atomic E-state index is 0.0508. The molecule has 1 aromatic carbocycles. The Balaban J connectivity index is 2.80. The number of halogens is 3. The maximum absolute atomic E-state index is 12.5. The van der Waals surface area contributed by atoms with Crippen molar-refractivity contribution in [1.29, 1.82) is 0 Å². The van der Waals surface area contributed by atoms with E-state index in [2.05, 4.69) is 5.32 Å². The summed E-state index contributed by atoms with van der Waals surface area (Å²) in [6.07, 6.45) is -3.81. The fourth-order valence-electron chi connectivity index (χ4n) is 1.92. The monoisotopic (exact) mass is 316 g/mol. The van der Waals surface area contributed by atoms with Crippen LogP contribution < -0.4 is 5.32 Å². The summed E-state index contributed by atoms with van der Waals surface area (Å²) < 4.78 is 37.4. The zero-order valence-corrected chi connectivity index (χ0v) is 12.5. The van der Waals surface area contributed by atoms with Gasteiger partial charge in [-0.3, -0.25) is 9.59 Å². The van der Waals surface area contributed by atoms with Gasteiger partial charge >= 0.3 is 12.1 Å². The summed E-state index contributed by atoms with van der Waals surface area (Å²) in [4.78, 5) is 23.5. The average Bonchev–Trinajstić information content (AvgIpc) is 2.43. The second-order valence-corrected chi connectivity index (χ2v) is 4.82. The third-order valence-electron chi connectivity index (χ3n) is 2.97. The molecule has 0 atom stereocenters. The smallest absolute Gasteiger partial charge is 0.331 e. The zero-order valence-electron chi connectivity index (χ0n) is 12.5. The summed E-state index contributed by atoms with van der Waals surface area (Å²) in [7, 11) is 0. The van der Waals surface area contributed by atoms with E-state index in [1.54, 1.807) is 24.3 Å². The number of hydrogen-bond donors (Lipinski definition) is 1. The third-order valence-corrected chi connectivity index (χ3v) is 2.97. The number of carbonyl (C=O) groups excluding carboxylic acids is 2. The first-order valence-corrected chi connectivity index (χ1v) is 7.02. The van der Waals surface area contributed by atoms with Gasteiger partial charge in [0.2, 0.25) is 5.91 Å². The molecule has 1 rings (SSSR count). The molecular formula is C15H19F3N2O2. The van der Waals surface area contributed by atoms with Crippen molar-refractivity contribution in [2.75, 3.05) is 11.9 Å². The summed E-state index contributed by atoms with van der Waals surface area (Å²) in [5.41, 5.74) is 1.03. The minimum atomic E-state index is -4.89. The molecule has 4 nitrogen and oxygen atoms in total. The molecule has 122 valence electrons. The number of anilines is 1. The summed E-state index contributed by atoms with van der Waals surface area (Å²) in [5.74, 6) is -2.02. The number of rotatable bonds is 6. The SMILES string of the molecule is CCCC(=O)Nc1cccc(CN(CC)C(=O)C(F)(F)F)c1. The molecule has 7 heteroatoms. The molecular weight excluding hydrogens is 297 g/mol. The van der Waals surface area contributed by atoms with E-state index in [9.17, 15) is 22.8 Å². The molecule has 0 aliphatic heterocycles. The summed E-state index contributed by atoms with van der Waals surface area (Å²) in [5, 5.41) is 2.67. The van der Waals surface area contributed by atoms with Crippen LogP contribution in [0.2, 0.25) is 0 Å². The summed E-state index contributed by atoms with van der Waals surface area (Å²) in [6, 6.07) is 6.46. The molecule has 0 aromatic heterocycles. The highest BCUT2D eigenvalue weighted by Crippen LogP contribution is 2.20. The van der Waals surface area contributed by atoms with Gasteiger partial charge in [-0.25, -0.2) is 0 Å². The molecule has 0 saturated heterocycles. The fraction of sp³-hybridized carbons (Fsp3) is 0.467. The first kappa shape index (κ1) is 18.0. The van der Waals surface area contributed by atoms with Gasteiger partial charge < -0.3 is 10.2 Å². The number of benzene rings is 1. The number of amides is 2. The van der Waals surface area contributed by atoms with Crippen molar-refractivity contribution >= 4 is 17.5 Å². The van der Waals surface area contributed by atoms with E-state index in [1.165, 1.54) is 6.92 Å². The molecule has 0 spiro atoms. The quantitative estimate of drug-likeness (QED) is 0.875. The zero-order chi connectivity index (χ0) is 16.8. The predicted octanol–water partition coefficient (Wildman–Crippen LogP) is 3.34. The first-order chi connectivity index (χ1) is 10.3. The molecule has 0 bridgehead atoms. The third kappa shape index (κ3) is 5.38. The number of nitrogens with one attached hydrogen (secondary N) is 1. The van der Waals surface area contributed by atoms with Gasteiger partial charge in [-0.05, 0) is 31.0 Å². The van der Waals surface area contributed by atoms with Crippen LogP contribution >= 0.6 is 0 Å². The lowest BCUT2D eigenvalue weighted by molar-refractivity contribution is -0.185. The molecule has 0 aliphatic carbocycles. The van der Waals surface area contributed by atoms with E-state index in [0.29, 0.717) is 29.0 Å². The van der Waals surface area contributed by atoms with Crippen molar-refractivity contribution in [3.05, 3.63) is 29.8 Å². The normalized spacial score (nSPS) is 11.1. The van der Waals surface area contributed by atoms with Crippen molar-refractivity contribution in [1.82, 2.24) is 4.90 Å². The van der Waals surface area contributed by atoms with Crippen molar-refractivity contribution in [3.63, 3.8) is 0 Å².